The second-order valence-electron chi connectivity index (χ2n) is 12.2. The Bertz CT molecular complexity index is 2040. The zero-order valence-electron chi connectivity index (χ0n) is 30.2. The predicted molar refractivity (Wildman–Crippen MR) is 198 cm³/mol. The number of nitrogens with zero attached hydrogens (tertiary/aromatic N) is 1. The lowest BCUT2D eigenvalue weighted by Crippen LogP contribution is -2.73. The van der Waals surface area contributed by atoms with Gasteiger partial charge in [-0.25, -0.2) is 18.8 Å². The van der Waals surface area contributed by atoms with E-state index < -0.39 is 17.6 Å². The first-order chi connectivity index (χ1) is 25.6. The molecular formula is C40H46F2N5O6+3. The number of anilines is 2. The summed E-state index contributed by atoms with van der Waals surface area (Å²) in [6, 6.07) is 22.2. The number of esters is 1. The lowest BCUT2D eigenvalue weighted by atomic mass is 10.0. The second-order valence-corrected chi connectivity index (χ2v) is 12.2. The highest BCUT2D eigenvalue weighted by Gasteiger charge is 2.22. The number of carbonyl (C=O) groups excluding carboxylic acids is 1. The topological polar surface area (TPSA) is 164 Å². The van der Waals surface area contributed by atoms with Gasteiger partial charge >= 0.3 is 5.97 Å². The third kappa shape index (κ3) is 9.20. The number of hydrogen-bond acceptors (Lipinski definition) is 8. The van der Waals surface area contributed by atoms with E-state index in [1.807, 2.05) is 12.2 Å². The molecule has 1 aliphatic heterocycles. The fourth-order valence-electron chi connectivity index (χ4n) is 6.13. The van der Waals surface area contributed by atoms with Crippen LogP contribution in [0.5, 0.6) is 23.0 Å². The summed E-state index contributed by atoms with van der Waals surface area (Å²) in [6.45, 7) is 7.14. The van der Waals surface area contributed by atoms with Gasteiger partial charge in [0.25, 0.3) is 0 Å². The minimum atomic E-state index is -0.905. The van der Waals surface area contributed by atoms with Crippen molar-refractivity contribution in [2.75, 3.05) is 44.5 Å². The zero-order chi connectivity index (χ0) is 38.1. The average molecular weight is 731 g/mol. The Morgan fingerprint density at radius 1 is 0.887 bits per heavy atom. The fraction of sp³-hybridized carbons (Fsp3) is 0.225. The Balaban J connectivity index is 0.000000281. The van der Waals surface area contributed by atoms with Gasteiger partial charge < -0.3 is 35.3 Å². The van der Waals surface area contributed by atoms with Crippen LogP contribution >= 0.6 is 0 Å². The molecule has 0 saturated heterocycles. The summed E-state index contributed by atoms with van der Waals surface area (Å²) >= 11 is 0. The number of quaternary nitrogens is 3. The van der Waals surface area contributed by atoms with Gasteiger partial charge in [-0.15, -0.1) is 0 Å². The molecule has 0 saturated carbocycles. The molecule has 13 heteroatoms. The minimum Gasteiger partial charge on any atom is -0.496 e. The van der Waals surface area contributed by atoms with Crippen LogP contribution in [0, 0.1) is 11.6 Å². The normalized spacial score (nSPS) is 12.0. The number of nitrogens with two attached hydrogens (primary N) is 3. The van der Waals surface area contributed by atoms with E-state index in [4.69, 9.17) is 29.9 Å². The number of benzene rings is 5. The molecule has 10 N–H and O–H groups in total. The van der Waals surface area contributed by atoms with Gasteiger partial charge in [-0.3, -0.25) is 5.32 Å². The van der Waals surface area contributed by atoms with Crippen molar-refractivity contribution in [2.45, 2.75) is 26.7 Å². The first kappa shape index (κ1) is 38.5. The van der Waals surface area contributed by atoms with Crippen LogP contribution in [0.2, 0.25) is 0 Å². The molecule has 1 heterocycles. The highest BCUT2D eigenvalue weighted by atomic mass is 19.1. The molecule has 0 amide bonds. The lowest BCUT2D eigenvalue weighted by Gasteiger charge is -2.30. The maximum absolute atomic E-state index is 14.8. The molecule has 0 radical (unpaired) electrons. The molecule has 5 aromatic rings. The van der Waals surface area contributed by atoms with Gasteiger partial charge in [0.15, 0.2) is 28.6 Å². The summed E-state index contributed by atoms with van der Waals surface area (Å²) in [5.74, 6) is -1.22. The number of ether oxygens (including phenoxy) is 4. The summed E-state index contributed by atoms with van der Waals surface area (Å²) in [6.07, 6.45) is 2.41. The summed E-state index contributed by atoms with van der Waals surface area (Å²) in [5.41, 5.74) is 17.1. The van der Waals surface area contributed by atoms with Gasteiger partial charge in [-0.2, -0.15) is 5.48 Å². The van der Waals surface area contributed by atoms with Crippen LogP contribution < -0.4 is 46.1 Å². The van der Waals surface area contributed by atoms with E-state index in [-0.39, 0.29) is 28.2 Å². The van der Waals surface area contributed by atoms with E-state index in [0.717, 1.165) is 47.8 Å². The summed E-state index contributed by atoms with van der Waals surface area (Å²) in [4.78, 5) is 15.2. The molecule has 0 fully saturated rings. The van der Waals surface area contributed by atoms with Crippen LogP contribution in [0.25, 0.3) is 11.1 Å². The van der Waals surface area contributed by atoms with E-state index in [9.17, 15) is 13.6 Å². The number of nitrogen functional groups attached to an aromatic ring is 1. The number of fused-ring (bicyclic) bond motifs is 1. The molecule has 53 heavy (non-hydrogen) atoms. The Labute approximate surface area is 307 Å². The van der Waals surface area contributed by atoms with E-state index >= 15 is 0 Å². The lowest BCUT2D eigenvalue weighted by molar-refractivity contribution is -0.825. The quantitative estimate of drug-likeness (QED) is 0.0530. The van der Waals surface area contributed by atoms with Crippen molar-refractivity contribution in [3.63, 3.8) is 0 Å². The Kier molecular flexibility index (Phi) is 12.8. The standard InChI is InChI=1S/C27H23F2N3O5.C13H20N2O/c1-35-24-12-18(31-23-10-5-16(30)11-25(23)36-2)8-9-20(24)27(33)37-19-13-21(28)26(22(29)14-19)15-3-6-17(32-34)7-4-15;1-3-15-7-5-6-10-8-11(14)13(16-4-2)9-12(10)15/h3-14,31-32,34H,30H2,1-2H3;8-9H,3-7,14H2,1-2H3/p+3. The molecule has 0 unspecified atom stereocenters. The first-order valence-corrected chi connectivity index (χ1v) is 17.2. The van der Waals surface area contributed by atoms with E-state index in [2.05, 4.69) is 29.7 Å². The van der Waals surface area contributed by atoms with Crippen LogP contribution in [0.15, 0.2) is 84.9 Å². The van der Waals surface area contributed by atoms with Crippen LogP contribution in [0.3, 0.4) is 0 Å². The number of carbonyl (C=O) groups is 1. The second kappa shape index (κ2) is 17.7. The van der Waals surface area contributed by atoms with Gasteiger partial charge in [0.2, 0.25) is 0 Å². The molecule has 0 bridgehead atoms. The number of halogens is 2. The Morgan fingerprint density at radius 2 is 1.58 bits per heavy atom. The van der Waals surface area contributed by atoms with Crippen LogP contribution in [-0.4, -0.2) is 45.1 Å². The molecular weight excluding hydrogens is 684 g/mol. The van der Waals surface area contributed by atoms with Crippen LogP contribution in [0.4, 0.5) is 42.9 Å². The number of rotatable bonds is 11. The third-order valence-corrected chi connectivity index (χ3v) is 8.76. The molecule has 11 nitrogen and oxygen atoms in total. The summed E-state index contributed by atoms with van der Waals surface area (Å²) in [5, 5.41) is 10.9. The number of aryl methyl sites for hydroxylation is 1. The highest BCUT2D eigenvalue weighted by Crippen LogP contribution is 2.35. The molecule has 278 valence electrons. The van der Waals surface area contributed by atoms with Crippen LogP contribution in [-0.2, 0) is 6.42 Å². The van der Waals surface area contributed by atoms with Crippen molar-refractivity contribution in [2.24, 2.45) is 0 Å². The van der Waals surface area contributed by atoms with E-state index in [0.29, 0.717) is 29.4 Å². The molecule has 0 aromatic heterocycles. The summed E-state index contributed by atoms with van der Waals surface area (Å²) in [7, 11) is 2.93. The van der Waals surface area contributed by atoms with Gasteiger partial charge in [-0.1, -0.05) is 0 Å². The smallest absolute Gasteiger partial charge is 0.347 e. The van der Waals surface area contributed by atoms with Crippen molar-refractivity contribution in [3.05, 3.63) is 108 Å². The highest BCUT2D eigenvalue weighted by molar-refractivity contribution is 5.94. The maximum atomic E-state index is 14.8. The average Bonchev–Trinajstić information content (AvgIpc) is 3.15. The van der Waals surface area contributed by atoms with Gasteiger partial charge in [-0.05, 0) is 62.1 Å². The third-order valence-electron chi connectivity index (χ3n) is 8.76. The van der Waals surface area contributed by atoms with E-state index in [1.54, 1.807) is 30.3 Å². The fourth-order valence-corrected chi connectivity index (χ4v) is 6.13. The van der Waals surface area contributed by atoms with Gasteiger partial charge in [0, 0.05) is 85.1 Å². The molecule has 0 atom stereocenters. The SMILES string of the molecule is CCOc1cc2c(cc1[NH3+])CCCN2CC.COc1cc(N)ccc1[NH2+]c1ccc(C(=O)Oc2cc(F)c(-c3ccc([NH2+]O)cc3)c(F)c2)c(OC)c1. The van der Waals surface area contributed by atoms with Crippen molar-refractivity contribution in [1.82, 2.24) is 0 Å². The molecule has 5 aromatic carbocycles. The van der Waals surface area contributed by atoms with Crippen molar-refractivity contribution >= 4 is 40.1 Å². The number of methoxy groups -OCH3 is 2. The van der Waals surface area contributed by atoms with Crippen molar-refractivity contribution in [3.8, 4) is 34.1 Å². The Morgan fingerprint density at radius 3 is 2.23 bits per heavy atom. The predicted octanol–water partition coefficient (Wildman–Crippen LogP) is 5.29. The first-order valence-electron chi connectivity index (χ1n) is 17.2. The molecule has 0 spiro atoms. The Hall–Kier alpha value is -5.73. The van der Waals surface area contributed by atoms with Crippen molar-refractivity contribution in [1.29, 1.82) is 0 Å². The van der Waals surface area contributed by atoms with Crippen molar-refractivity contribution < 1.29 is 54.3 Å². The molecule has 1 aliphatic rings. The van der Waals surface area contributed by atoms with Gasteiger partial charge in [0.05, 0.1) is 26.4 Å². The van der Waals surface area contributed by atoms with E-state index in [1.165, 1.54) is 68.6 Å². The van der Waals surface area contributed by atoms with Crippen LogP contribution in [0.1, 0.15) is 36.2 Å². The largest absolute Gasteiger partial charge is 0.496 e. The van der Waals surface area contributed by atoms with Gasteiger partial charge in [0.1, 0.15) is 34.4 Å². The minimum absolute atomic E-state index is 0.0738. The number of hydrogen-bond donors (Lipinski definition) is 5. The summed E-state index contributed by atoms with van der Waals surface area (Å²) < 4.78 is 51.2. The molecule has 6 rings (SSSR count). The molecule has 0 aliphatic carbocycles. The zero-order valence-corrected chi connectivity index (χ0v) is 30.2. The maximum Gasteiger partial charge on any atom is 0.347 e. The monoisotopic (exact) mass is 730 g/mol.